The number of nitrogens with one attached hydrogen (secondary N) is 1. The highest BCUT2D eigenvalue weighted by Gasteiger charge is 2.21. The number of rotatable bonds is 4. The van der Waals surface area contributed by atoms with Crippen LogP contribution in [0, 0.1) is 0 Å². The molecule has 1 saturated heterocycles. The summed E-state index contributed by atoms with van der Waals surface area (Å²) in [6.45, 7) is 8.38. The Bertz CT molecular complexity index is 832. The van der Waals surface area contributed by atoms with Crippen molar-refractivity contribution in [2.75, 3.05) is 19.7 Å². The van der Waals surface area contributed by atoms with Crippen molar-refractivity contribution in [2.24, 2.45) is 0 Å². The fourth-order valence-electron chi connectivity index (χ4n) is 3.04. The molecule has 0 spiro atoms. The summed E-state index contributed by atoms with van der Waals surface area (Å²) in [5.74, 6) is -0.0509. The lowest BCUT2D eigenvalue weighted by molar-refractivity contribution is -0.126. The molecule has 0 bridgehead atoms. The number of nitrogens with zero attached hydrogens (tertiary/aromatic N) is 1. The number of benzene rings is 1. The van der Waals surface area contributed by atoms with Crippen LogP contribution in [0.3, 0.4) is 0 Å². The molecule has 0 saturated carbocycles. The molecule has 2 aromatic rings. The SMILES string of the molecule is CC(C)(C)c1ccc(/C(=C\C(=O)C2CNCCO2)c2ccnc(Cl)c2)cc1. The van der Waals surface area contributed by atoms with E-state index in [1.807, 2.05) is 18.2 Å². The number of halogens is 1. The van der Waals surface area contributed by atoms with Crippen molar-refractivity contribution in [3.8, 4) is 0 Å². The fourth-order valence-corrected chi connectivity index (χ4v) is 3.21. The van der Waals surface area contributed by atoms with Crippen molar-refractivity contribution in [2.45, 2.75) is 32.3 Å². The van der Waals surface area contributed by atoms with Crippen LogP contribution in [-0.4, -0.2) is 36.6 Å². The predicted octanol–water partition coefficient (Wildman–Crippen LogP) is 4.02. The maximum Gasteiger partial charge on any atom is 0.186 e. The van der Waals surface area contributed by atoms with E-state index in [-0.39, 0.29) is 11.2 Å². The van der Waals surface area contributed by atoms with Crippen LogP contribution in [0.1, 0.15) is 37.5 Å². The van der Waals surface area contributed by atoms with E-state index in [1.54, 1.807) is 18.3 Å². The number of hydrogen-bond donors (Lipinski definition) is 1. The Labute approximate surface area is 165 Å². The first-order chi connectivity index (χ1) is 12.8. The Kier molecular flexibility index (Phi) is 6.10. The van der Waals surface area contributed by atoms with Gasteiger partial charge in [0, 0.05) is 19.3 Å². The molecule has 1 atom stereocenters. The summed E-state index contributed by atoms with van der Waals surface area (Å²) < 4.78 is 5.60. The molecule has 1 N–H and O–H groups in total. The smallest absolute Gasteiger partial charge is 0.186 e. The Hall–Kier alpha value is -2.01. The molecule has 1 fully saturated rings. The number of carbonyl (C=O) groups is 1. The van der Waals surface area contributed by atoms with E-state index in [1.165, 1.54) is 5.56 Å². The number of ether oxygens (including phenoxy) is 1. The van der Waals surface area contributed by atoms with Gasteiger partial charge in [-0.2, -0.15) is 0 Å². The summed E-state index contributed by atoms with van der Waals surface area (Å²) in [5.41, 5.74) is 3.95. The molecule has 1 unspecified atom stereocenters. The summed E-state index contributed by atoms with van der Waals surface area (Å²) in [6, 6.07) is 12.0. The van der Waals surface area contributed by atoms with Crippen molar-refractivity contribution >= 4 is 23.0 Å². The van der Waals surface area contributed by atoms with Crippen LogP contribution < -0.4 is 5.32 Å². The van der Waals surface area contributed by atoms with Gasteiger partial charge in [0.25, 0.3) is 0 Å². The standard InChI is InChI=1S/C22H25ClN2O2/c1-22(2,3)17-6-4-15(5-7-17)18(16-8-9-25-21(23)12-16)13-19(26)20-14-24-10-11-27-20/h4-9,12-13,20,24H,10-11,14H2,1-3H3/b18-13+. The van der Waals surface area contributed by atoms with Gasteiger partial charge in [-0.1, -0.05) is 56.6 Å². The molecule has 0 aliphatic carbocycles. The molecule has 2 heterocycles. The number of hydrogen-bond acceptors (Lipinski definition) is 4. The molecule has 1 aliphatic heterocycles. The molecule has 5 heteroatoms. The minimum absolute atomic E-state index is 0.0509. The van der Waals surface area contributed by atoms with Gasteiger partial charge < -0.3 is 10.1 Å². The van der Waals surface area contributed by atoms with Crippen LogP contribution >= 0.6 is 11.6 Å². The quantitative estimate of drug-likeness (QED) is 0.639. The lowest BCUT2D eigenvalue weighted by Gasteiger charge is -2.22. The van der Waals surface area contributed by atoms with Crippen LogP contribution in [0.5, 0.6) is 0 Å². The molecule has 1 aromatic heterocycles. The van der Waals surface area contributed by atoms with Gasteiger partial charge in [0.05, 0.1) is 6.61 Å². The average molecular weight is 385 g/mol. The zero-order valence-electron chi connectivity index (χ0n) is 16.0. The first-order valence-electron chi connectivity index (χ1n) is 9.15. The third kappa shape index (κ3) is 5.04. The second-order valence-corrected chi connectivity index (χ2v) is 8.11. The van der Waals surface area contributed by atoms with Gasteiger partial charge >= 0.3 is 0 Å². The maximum absolute atomic E-state index is 12.8. The lowest BCUT2D eigenvalue weighted by Crippen LogP contribution is -2.42. The first kappa shape index (κ1) is 19.7. The van der Waals surface area contributed by atoms with Crippen molar-refractivity contribution in [3.63, 3.8) is 0 Å². The third-order valence-electron chi connectivity index (χ3n) is 4.63. The van der Waals surface area contributed by atoms with Gasteiger partial charge in [0.15, 0.2) is 5.78 Å². The number of aromatic nitrogens is 1. The van der Waals surface area contributed by atoms with Gasteiger partial charge in [-0.15, -0.1) is 0 Å². The predicted molar refractivity (Wildman–Crippen MR) is 109 cm³/mol. The van der Waals surface area contributed by atoms with Crippen molar-refractivity contribution in [1.82, 2.24) is 10.3 Å². The molecule has 1 aromatic carbocycles. The van der Waals surface area contributed by atoms with Crippen LogP contribution in [0.15, 0.2) is 48.7 Å². The summed E-state index contributed by atoms with van der Waals surface area (Å²) >= 11 is 6.09. The van der Waals surface area contributed by atoms with Gasteiger partial charge in [0.1, 0.15) is 11.3 Å². The van der Waals surface area contributed by atoms with Gasteiger partial charge in [0.2, 0.25) is 0 Å². The Morgan fingerprint density at radius 2 is 1.96 bits per heavy atom. The summed E-state index contributed by atoms with van der Waals surface area (Å²) in [7, 11) is 0. The van der Waals surface area contributed by atoms with Crippen LogP contribution in [0.25, 0.3) is 5.57 Å². The highest BCUT2D eigenvalue weighted by Crippen LogP contribution is 2.28. The second-order valence-electron chi connectivity index (χ2n) is 7.72. The van der Waals surface area contributed by atoms with Gasteiger partial charge in [-0.3, -0.25) is 4.79 Å². The van der Waals surface area contributed by atoms with Crippen LogP contribution in [0.2, 0.25) is 5.15 Å². The molecular formula is C22H25ClN2O2. The normalized spacial score (nSPS) is 18.4. The van der Waals surface area contributed by atoms with Gasteiger partial charge in [-0.05, 0) is 45.9 Å². The van der Waals surface area contributed by atoms with E-state index < -0.39 is 6.10 Å². The molecule has 3 rings (SSSR count). The average Bonchev–Trinajstić information content (AvgIpc) is 2.66. The lowest BCUT2D eigenvalue weighted by atomic mass is 9.85. The largest absolute Gasteiger partial charge is 0.367 e. The Morgan fingerprint density at radius 3 is 2.56 bits per heavy atom. The first-order valence-corrected chi connectivity index (χ1v) is 9.53. The fraction of sp³-hybridized carbons (Fsp3) is 0.364. The molecule has 0 amide bonds. The molecular weight excluding hydrogens is 360 g/mol. The molecule has 4 nitrogen and oxygen atoms in total. The molecule has 0 radical (unpaired) electrons. The van der Waals surface area contributed by atoms with Crippen molar-refractivity contribution in [3.05, 3.63) is 70.5 Å². The van der Waals surface area contributed by atoms with Crippen LogP contribution in [0.4, 0.5) is 0 Å². The Morgan fingerprint density at radius 1 is 1.22 bits per heavy atom. The van der Waals surface area contributed by atoms with E-state index in [0.29, 0.717) is 18.3 Å². The summed E-state index contributed by atoms with van der Waals surface area (Å²) in [4.78, 5) is 16.8. The zero-order chi connectivity index (χ0) is 19.4. The zero-order valence-corrected chi connectivity index (χ0v) is 16.7. The minimum Gasteiger partial charge on any atom is -0.367 e. The maximum atomic E-state index is 12.8. The van der Waals surface area contributed by atoms with E-state index in [0.717, 1.165) is 23.2 Å². The number of pyridine rings is 1. The molecule has 27 heavy (non-hydrogen) atoms. The van der Waals surface area contributed by atoms with E-state index in [4.69, 9.17) is 16.3 Å². The van der Waals surface area contributed by atoms with Crippen LogP contribution in [-0.2, 0) is 14.9 Å². The topological polar surface area (TPSA) is 51.2 Å². The molecule has 142 valence electrons. The number of ketones is 1. The minimum atomic E-state index is -0.458. The monoisotopic (exact) mass is 384 g/mol. The van der Waals surface area contributed by atoms with Crippen molar-refractivity contribution < 1.29 is 9.53 Å². The van der Waals surface area contributed by atoms with Crippen molar-refractivity contribution in [1.29, 1.82) is 0 Å². The highest BCUT2D eigenvalue weighted by atomic mass is 35.5. The van der Waals surface area contributed by atoms with E-state index in [9.17, 15) is 4.79 Å². The molecule has 1 aliphatic rings. The number of carbonyl (C=O) groups excluding carboxylic acids is 1. The Balaban J connectivity index is 1.99. The summed E-state index contributed by atoms with van der Waals surface area (Å²) in [6.07, 6.45) is 2.85. The van der Waals surface area contributed by atoms with E-state index in [2.05, 4.69) is 43.2 Å². The van der Waals surface area contributed by atoms with E-state index >= 15 is 0 Å². The second kappa shape index (κ2) is 8.34. The number of morpholine rings is 1. The highest BCUT2D eigenvalue weighted by molar-refractivity contribution is 6.29. The third-order valence-corrected chi connectivity index (χ3v) is 4.84. The summed E-state index contributed by atoms with van der Waals surface area (Å²) in [5, 5.41) is 3.59. The van der Waals surface area contributed by atoms with Gasteiger partial charge in [-0.25, -0.2) is 4.98 Å².